The van der Waals surface area contributed by atoms with Crippen molar-refractivity contribution in [1.82, 2.24) is 9.55 Å². The Balaban J connectivity index is 2.63. The van der Waals surface area contributed by atoms with E-state index in [4.69, 9.17) is 5.73 Å². The quantitative estimate of drug-likeness (QED) is 0.752. The Morgan fingerprint density at radius 1 is 1.25 bits per heavy atom. The molecule has 3 nitrogen and oxygen atoms in total. The van der Waals surface area contributed by atoms with Gasteiger partial charge in [-0.2, -0.15) is 0 Å². The van der Waals surface area contributed by atoms with Crippen molar-refractivity contribution < 1.29 is 0 Å². The number of imidazole rings is 1. The maximum absolute atomic E-state index is 6.06. The van der Waals surface area contributed by atoms with E-state index in [1.165, 1.54) is 25.7 Å². The van der Waals surface area contributed by atoms with Crippen LogP contribution in [0.4, 0.5) is 5.82 Å². The Bertz CT molecular complexity index is 326. The number of anilines is 1. The van der Waals surface area contributed by atoms with Gasteiger partial charge in [0.25, 0.3) is 0 Å². The second-order valence-corrected chi connectivity index (χ2v) is 4.83. The molecule has 0 aliphatic rings. The molecule has 1 heterocycles. The Morgan fingerprint density at radius 2 is 1.94 bits per heavy atom. The molecule has 0 bridgehead atoms. The summed E-state index contributed by atoms with van der Waals surface area (Å²) in [5, 5.41) is 0. The van der Waals surface area contributed by atoms with Crippen LogP contribution in [0.3, 0.4) is 0 Å². The first-order valence-corrected chi connectivity index (χ1v) is 6.38. The van der Waals surface area contributed by atoms with Crippen LogP contribution in [-0.2, 0) is 13.5 Å². The highest BCUT2D eigenvalue weighted by Crippen LogP contribution is 2.21. The summed E-state index contributed by atoms with van der Waals surface area (Å²) in [6, 6.07) is 0. The summed E-state index contributed by atoms with van der Waals surface area (Å²) in [6.07, 6.45) is 6.08. The van der Waals surface area contributed by atoms with Crippen LogP contribution in [0, 0.1) is 0 Å². The molecule has 0 fully saturated rings. The number of hydrogen-bond donors (Lipinski definition) is 1. The molecule has 0 amide bonds. The number of hydrogen-bond acceptors (Lipinski definition) is 2. The third-order valence-corrected chi connectivity index (χ3v) is 3.03. The zero-order valence-electron chi connectivity index (χ0n) is 11.1. The second-order valence-electron chi connectivity index (χ2n) is 4.83. The zero-order valence-corrected chi connectivity index (χ0v) is 11.1. The average Bonchev–Trinajstić information content (AvgIpc) is 2.52. The van der Waals surface area contributed by atoms with Crippen LogP contribution >= 0.6 is 0 Å². The van der Waals surface area contributed by atoms with E-state index in [2.05, 4.69) is 25.8 Å². The third kappa shape index (κ3) is 3.00. The van der Waals surface area contributed by atoms with Crippen molar-refractivity contribution >= 4 is 5.82 Å². The summed E-state index contributed by atoms with van der Waals surface area (Å²) in [7, 11) is 2.01. The van der Waals surface area contributed by atoms with Gasteiger partial charge in [0.15, 0.2) is 0 Å². The number of unbranched alkanes of at least 4 members (excludes halogenated alkanes) is 3. The highest BCUT2D eigenvalue weighted by molar-refractivity contribution is 5.38. The minimum Gasteiger partial charge on any atom is -0.384 e. The second kappa shape index (κ2) is 5.92. The molecule has 1 aromatic heterocycles. The maximum Gasteiger partial charge on any atom is 0.126 e. The lowest BCUT2D eigenvalue weighted by Gasteiger charge is -2.04. The summed E-state index contributed by atoms with van der Waals surface area (Å²) < 4.78 is 2.03. The van der Waals surface area contributed by atoms with Crippen LogP contribution in [0.2, 0.25) is 0 Å². The van der Waals surface area contributed by atoms with E-state index < -0.39 is 0 Å². The van der Waals surface area contributed by atoms with Gasteiger partial charge in [0, 0.05) is 13.0 Å². The average molecular weight is 223 g/mol. The van der Waals surface area contributed by atoms with E-state index in [0.29, 0.717) is 5.92 Å². The van der Waals surface area contributed by atoms with Crippen molar-refractivity contribution in [2.45, 2.75) is 58.8 Å². The van der Waals surface area contributed by atoms with Crippen molar-refractivity contribution in [1.29, 1.82) is 0 Å². The topological polar surface area (TPSA) is 43.8 Å². The molecule has 0 atom stereocenters. The fourth-order valence-corrected chi connectivity index (χ4v) is 2.01. The summed E-state index contributed by atoms with van der Waals surface area (Å²) in [5.41, 5.74) is 7.14. The molecule has 0 spiro atoms. The van der Waals surface area contributed by atoms with E-state index in [1.54, 1.807) is 0 Å². The number of nitrogens with zero attached hydrogens (tertiary/aromatic N) is 2. The van der Waals surface area contributed by atoms with Crippen molar-refractivity contribution in [3.8, 4) is 0 Å². The van der Waals surface area contributed by atoms with Crippen molar-refractivity contribution in [3.63, 3.8) is 0 Å². The van der Waals surface area contributed by atoms with Crippen LogP contribution in [-0.4, -0.2) is 9.55 Å². The van der Waals surface area contributed by atoms with Gasteiger partial charge in [-0.15, -0.1) is 0 Å². The SMILES string of the molecule is CCCCCCc1nc(C(C)C)n(C)c1N. The molecule has 0 aliphatic carbocycles. The molecule has 0 saturated heterocycles. The molecule has 0 radical (unpaired) electrons. The van der Waals surface area contributed by atoms with Gasteiger partial charge < -0.3 is 10.3 Å². The molecule has 0 aromatic carbocycles. The number of aromatic nitrogens is 2. The van der Waals surface area contributed by atoms with Crippen molar-refractivity contribution in [3.05, 3.63) is 11.5 Å². The Hall–Kier alpha value is -0.990. The summed E-state index contributed by atoms with van der Waals surface area (Å²) in [5.74, 6) is 2.39. The number of nitrogens with two attached hydrogens (primary N) is 1. The van der Waals surface area contributed by atoms with E-state index in [-0.39, 0.29) is 0 Å². The van der Waals surface area contributed by atoms with E-state index in [0.717, 1.165) is 23.8 Å². The summed E-state index contributed by atoms with van der Waals surface area (Å²) >= 11 is 0. The smallest absolute Gasteiger partial charge is 0.126 e. The van der Waals surface area contributed by atoms with Gasteiger partial charge in [-0.3, -0.25) is 0 Å². The standard InChI is InChI=1S/C13H25N3/c1-5-6-7-8-9-11-12(14)16(4)13(15-11)10(2)3/h10H,5-9,14H2,1-4H3. The lowest BCUT2D eigenvalue weighted by atomic mass is 10.1. The minimum absolute atomic E-state index is 0.441. The molecular formula is C13H25N3. The third-order valence-electron chi connectivity index (χ3n) is 3.03. The minimum atomic E-state index is 0.441. The molecule has 92 valence electrons. The van der Waals surface area contributed by atoms with Crippen LogP contribution in [0.25, 0.3) is 0 Å². The normalized spacial score (nSPS) is 11.3. The van der Waals surface area contributed by atoms with E-state index >= 15 is 0 Å². The molecule has 0 aliphatic heterocycles. The van der Waals surface area contributed by atoms with Crippen molar-refractivity contribution in [2.75, 3.05) is 5.73 Å². The molecule has 1 aromatic rings. The largest absolute Gasteiger partial charge is 0.384 e. The van der Waals surface area contributed by atoms with Crippen LogP contribution in [0.5, 0.6) is 0 Å². The van der Waals surface area contributed by atoms with Gasteiger partial charge in [0.2, 0.25) is 0 Å². The van der Waals surface area contributed by atoms with Crippen molar-refractivity contribution in [2.24, 2.45) is 7.05 Å². The predicted octanol–water partition coefficient (Wildman–Crippen LogP) is 3.25. The first kappa shape index (κ1) is 13.1. The Kier molecular flexibility index (Phi) is 4.84. The molecule has 0 saturated carbocycles. The highest BCUT2D eigenvalue weighted by Gasteiger charge is 2.13. The first-order chi connectivity index (χ1) is 7.57. The number of rotatable bonds is 6. The lowest BCUT2D eigenvalue weighted by Crippen LogP contribution is -2.03. The maximum atomic E-state index is 6.06. The van der Waals surface area contributed by atoms with Gasteiger partial charge in [-0.05, 0) is 12.8 Å². The highest BCUT2D eigenvalue weighted by atomic mass is 15.1. The summed E-state index contributed by atoms with van der Waals surface area (Å²) in [6.45, 7) is 6.54. The Morgan fingerprint density at radius 3 is 2.44 bits per heavy atom. The van der Waals surface area contributed by atoms with E-state index in [9.17, 15) is 0 Å². The lowest BCUT2D eigenvalue weighted by molar-refractivity contribution is 0.660. The van der Waals surface area contributed by atoms with Crippen LogP contribution in [0.15, 0.2) is 0 Å². The number of aryl methyl sites for hydroxylation is 1. The molecule has 3 heteroatoms. The molecule has 16 heavy (non-hydrogen) atoms. The van der Waals surface area contributed by atoms with Crippen LogP contribution < -0.4 is 5.73 Å². The molecule has 1 rings (SSSR count). The molecule has 2 N–H and O–H groups in total. The van der Waals surface area contributed by atoms with Gasteiger partial charge >= 0.3 is 0 Å². The zero-order chi connectivity index (χ0) is 12.1. The van der Waals surface area contributed by atoms with E-state index in [1.807, 2.05) is 11.6 Å². The van der Waals surface area contributed by atoms with Gasteiger partial charge in [0.05, 0.1) is 5.69 Å². The fourth-order valence-electron chi connectivity index (χ4n) is 2.01. The predicted molar refractivity (Wildman–Crippen MR) is 69.6 cm³/mol. The summed E-state index contributed by atoms with van der Waals surface area (Å²) in [4.78, 5) is 4.64. The van der Waals surface area contributed by atoms with Gasteiger partial charge in [0.1, 0.15) is 11.6 Å². The van der Waals surface area contributed by atoms with Gasteiger partial charge in [-0.1, -0.05) is 40.0 Å². The molecule has 0 unspecified atom stereocenters. The Labute approximate surface area is 99.1 Å². The molecular weight excluding hydrogens is 198 g/mol. The number of nitrogen functional groups attached to an aromatic ring is 1. The van der Waals surface area contributed by atoms with Gasteiger partial charge in [-0.25, -0.2) is 4.98 Å². The van der Waals surface area contributed by atoms with Crippen LogP contribution in [0.1, 0.15) is 63.9 Å². The monoisotopic (exact) mass is 223 g/mol. The fraction of sp³-hybridized carbons (Fsp3) is 0.769. The first-order valence-electron chi connectivity index (χ1n) is 6.38.